The summed E-state index contributed by atoms with van der Waals surface area (Å²) in [5.41, 5.74) is -0.648. The first-order valence-electron chi connectivity index (χ1n) is 7.68. The number of halogens is 5. The molecule has 1 amide bonds. The Morgan fingerprint density at radius 1 is 1.07 bits per heavy atom. The molecule has 1 N–H and O–H groups in total. The van der Waals surface area contributed by atoms with E-state index in [1.165, 1.54) is 48.8 Å². The second-order valence-corrected chi connectivity index (χ2v) is 5.39. The Morgan fingerprint density at radius 3 is 2.29 bits per heavy atom. The zero-order chi connectivity index (χ0) is 20.3. The molecule has 0 spiro atoms. The standard InChI is InChI=1S/C17H11F5N4O2/c18-16(19)28-14-9-13(17(20,21)22)25-26(14)12-3-1-11(2-4-12)24-15(27)10-5-7-23-8-6-10/h1-9,16H,(H,24,27). The van der Waals surface area contributed by atoms with Gasteiger partial charge in [0.1, 0.15) is 0 Å². The topological polar surface area (TPSA) is 69.0 Å². The van der Waals surface area contributed by atoms with Crippen molar-refractivity contribution in [3.05, 3.63) is 66.1 Å². The molecular formula is C17H11F5N4O2. The van der Waals surface area contributed by atoms with Crippen LogP contribution in [0.4, 0.5) is 27.6 Å². The van der Waals surface area contributed by atoms with Crippen molar-refractivity contribution in [2.45, 2.75) is 12.8 Å². The van der Waals surface area contributed by atoms with E-state index in [-0.39, 0.29) is 5.69 Å². The van der Waals surface area contributed by atoms with Gasteiger partial charge in [0.2, 0.25) is 5.88 Å². The van der Waals surface area contributed by atoms with Gasteiger partial charge in [-0.05, 0) is 36.4 Å². The highest BCUT2D eigenvalue weighted by molar-refractivity contribution is 6.04. The summed E-state index contributed by atoms with van der Waals surface area (Å²) in [6, 6.07) is 8.75. The molecule has 0 saturated heterocycles. The number of aromatic nitrogens is 3. The van der Waals surface area contributed by atoms with E-state index < -0.39 is 30.3 Å². The number of amides is 1. The summed E-state index contributed by atoms with van der Waals surface area (Å²) in [5.74, 6) is -1.19. The van der Waals surface area contributed by atoms with Gasteiger partial charge in [0, 0.05) is 29.7 Å². The number of pyridine rings is 1. The van der Waals surface area contributed by atoms with Gasteiger partial charge in [-0.15, -0.1) is 0 Å². The third-order valence-electron chi connectivity index (χ3n) is 3.49. The molecule has 3 rings (SSSR count). The highest BCUT2D eigenvalue weighted by Gasteiger charge is 2.36. The number of nitrogens with zero attached hydrogens (tertiary/aromatic N) is 3. The lowest BCUT2D eigenvalue weighted by Crippen LogP contribution is -2.12. The van der Waals surface area contributed by atoms with Crippen LogP contribution in [-0.4, -0.2) is 27.3 Å². The lowest BCUT2D eigenvalue weighted by molar-refractivity contribution is -0.141. The number of carbonyl (C=O) groups excluding carboxylic acids is 1. The van der Waals surface area contributed by atoms with Crippen molar-refractivity contribution in [2.24, 2.45) is 0 Å². The summed E-state index contributed by atoms with van der Waals surface area (Å²) < 4.78 is 68.2. The fraction of sp³-hybridized carbons (Fsp3) is 0.118. The van der Waals surface area contributed by atoms with E-state index in [4.69, 9.17) is 0 Å². The number of rotatable bonds is 5. The minimum absolute atomic E-state index is 0.0352. The quantitative estimate of drug-likeness (QED) is 0.656. The van der Waals surface area contributed by atoms with E-state index in [1.807, 2.05) is 0 Å². The number of hydrogen-bond acceptors (Lipinski definition) is 4. The molecule has 0 bridgehead atoms. The fourth-order valence-corrected chi connectivity index (χ4v) is 2.26. The molecule has 2 heterocycles. The van der Waals surface area contributed by atoms with Crippen LogP contribution in [0.25, 0.3) is 5.69 Å². The zero-order valence-electron chi connectivity index (χ0n) is 13.8. The summed E-state index contributed by atoms with van der Waals surface area (Å²) in [7, 11) is 0. The van der Waals surface area contributed by atoms with Crippen molar-refractivity contribution >= 4 is 11.6 Å². The van der Waals surface area contributed by atoms with Gasteiger partial charge >= 0.3 is 12.8 Å². The Labute approximate surface area is 154 Å². The summed E-state index contributed by atoms with van der Waals surface area (Å²) in [4.78, 5) is 15.9. The molecular weight excluding hydrogens is 387 g/mol. The second kappa shape index (κ2) is 7.62. The van der Waals surface area contributed by atoms with Crippen LogP contribution in [0.5, 0.6) is 5.88 Å². The lowest BCUT2D eigenvalue weighted by Gasteiger charge is -2.10. The Hall–Kier alpha value is -3.50. The van der Waals surface area contributed by atoms with Crippen LogP contribution in [0.1, 0.15) is 16.1 Å². The van der Waals surface area contributed by atoms with Gasteiger partial charge in [0.05, 0.1) is 5.69 Å². The molecule has 28 heavy (non-hydrogen) atoms. The third-order valence-corrected chi connectivity index (χ3v) is 3.49. The third kappa shape index (κ3) is 4.42. The Bertz CT molecular complexity index is 956. The highest BCUT2D eigenvalue weighted by atomic mass is 19.4. The molecule has 0 fully saturated rings. The minimum Gasteiger partial charge on any atom is -0.417 e. The maximum absolute atomic E-state index is 12.8. The van der Waals surface area contributed by atoms with Crippen LogP contribution in [-0.2, 0) is 6.18 Å². The maximum atomic E-state index is 12.8. The van der Waals surface area contributed by atoms with E-state index >= 15 is 0 Å². The van der Waals surface area contributed by atoms with E-state index in [9.17, 15) is 26.7 Å². The number of hydrogen-bond donors (Lipinski definition) is 1. The maximum Gasteiger partial charge on any atom is 0.435 e. The average molecular weight is 398 g/mol. The van der Waals surface area contributed by atoms with Crippen molar-refractivity contribution in [2.75, 3.05) is 5.32 Å². The van der Waals surface area contributed by atoms with Crippen LogP contribution in [0.3, 0.4) is 0 Å². The number of ether oxygens (including phenoxy) is 1. The second-order valence-electron chi connectivity index (χ2n) is 5.39. The Kier molecular flexibility index (Phi) is 5.25. The van der Waals surface area contributed by atoms with E-state index in [2.05, 4.69) is 20.1 Å². The summed E-state index contributed by atoms with van der Waals surface area (Å²) in [6.45, 7) is -3.32. The van der Waals surface area contributed by atoms with Gasteiger partial charge in [0.25, 0.3) is 5.91 Å². The van der Waals surface area contributed by atoms with Crippen LogP contribution in [0.2, 0.25) is 0 Å². The van der Waals surface area contributed by atoms with Crippen molar-refractivity contribution in [3.63, 3.8) is 0 Å². The predicted molar refractivity (Wildman–Crippen MR) is 87.4 cm³/mol. The van der Waals surface area contributed by atoms with E-state index in [1.54, 1.807) is 0 Å². The van der Waals surface area contributed by atoms with Crippen molar-refractivity contribution in [3.8, 4) is 11.6 Å². The number of alkyl halides is 5. The summed E-state index contributed by atoms with van der Waals surface area (Å²) in [5, 5.41) is 5.87. The van der Waals surface area contributed by atoms with Crippen molar-refractivity contribution in [1.29, 1.82) is 0 Å². The van der Waals surface area contributed by atoms with E-state index in [0.717, 1.165) is 0 Å². The smallest absolute Gasteiger partial charge is 0.417 e. The lowest BCUT2D eigenvalue weighted by atomic mass is 10.2. The first-order valence-corrected chi connectivity index (χ1v) is 7.68. The average Bonchev–Trinajstić information content (AvgIpc) is 3.06. The van der Waals surface area contributed by atoms with Gasteiger partial charge in [-0.1, -0.05) is 0 Å². The SMILES string of the molecule is O=C(Nc1ccc(-n2nc(C(F)(F)F)cc2OC(F)F)cc1)c1ccncc1. The molecule has 0 radical (unpaired) electrons. The Balaban J connectivity index is 1.84. The summed E-state index contributed by atoms with van der Waals surface area (Å²) in [6.07, 6.45) is -1.94. The monoisotopic (exact) mass is 398 g/mol. The van der Waals surface area contributed by atoms with Crippen molar-refractivity contribution < 1.29 is 31.5 Å². The largest absolute Gasteiger partial charge is 0.435 e. The minimum atomic E-state index is -4.83. The zero-order valence-corrected chi connectivity index (χ0v) is 13.8. The molecule has 0 atom stereocenters. The van der Waals surface area contributed by atoms with Crippen LogP contribution < -0.4 is 10.1 Å². The predicted octanol–water partition coefficient (Wildman–Crippen LogP) is 4.14. The molecule has 0 aliphatic heterocycles. The Morgan fingerprint density at radius 2 is 1.71 bits per heavy atom. The molecule has 0 unspecified atom stereocenters. The molecule has 6 nitrogen and oxygen atoms in total. The molecule has 11 heteroatoms. The molecule has 0 aliphatic carbocycles. The first kappa shape index (κ1) is 19.3. The highest BCUT2D eigenvalue weighted by Crippen LogP contribution is 2.32. The molecule has 2 aromatic heterocycles. The normalized spacial score (nSPS) is 11.5. The van der Waals surface area contributed by atoms with Gasteiger partial charge in [-0.3, -0.25) is 9.78 Å². The fourth-order valence-electron chi connectivity index (χ4n) is 2.26. The summed E-state index contributed by atoms with van der Waals surface area (Å²) >= 11 is 0. The van der Waals surface area contributed by atoms with E-state index in [0.29, 0.717) is 22.0 Å². The van der Waals surface area contributed by atoms with Gasteiger partial charge in [0.15, 0.2) is 5.69 Å². The van der Waals surface area contributed by atoms with Gasteiger partial charge in [-0.2, -0.15) is 27.1 Å². The number of anilines is 1. The van der Waals surface area contributed by atoms with Crippen LogP contribution >= 0.6 is 0 Å². The van der Waals surface area contributed by atoms with Crippen molar-refractivity contribution in [1.82, 2.24) is 14.8 Å². The van der Waals surface area contributed by atoms with Gasteiger partial charge < -0.3 is 10.1 Å². The van der Waals surface area contributed by atoms with Crippen LogP contribution in [0.15, 0.2) is 54.9 Å². The molecule has 0 aliphatic rings. The molecule has 146 valence electrons. The number of nitrogens with one attached hydrogen (secondary N) is 1. The van der Waals surface area contributed by atoms with Crippen LogP contribution in [0, 0.1) is 0 Å². The number of benzene rings is 1. The van der Waals surface area contributed by atoms with Gasteiger partial charge in [-0.25, -0.2) is 4.68 Å². The molecule has 1 aromatic carbocycles. The first-order chi connectivity index (χ1) is 13.2. The molecule has 3 aromatic rings. The molecule has 0 saturated carbocycles. The number of carbonyl (C=O) groups is 1.